The van der Waals surface area contributed by atoms with Crippen molar-refractivity contribution in [3.05, 3.63) is 29.8 Å². The van der Waals surface area contributed by atoms with Gasteiger partial charge >= 0.3 is 6.18 Å². The van der Waals surface area contributed by atoms with E-state index in [1.54, 1.807) is 0 Å². The van der Waals surface area contributed by atoms with Crippen LogP contribution in [-0.4, -0.2) is 17.6 Å². The van der Waals surface area contributed by atoms with E-state index in [4.69, 9.17) is 5.84 Å². The topological polar surface area (TPSA) is 67.1 Å². The highest BCUT2D eigenvalue weighted by Gasteiger charge is 2.64. The van der Waals surface area contributed by atoms with Crippen LogP contribution in [0.5, 0.6) is 0 Å². The minimum atomic E-state index is -4.40. The molecular weight excluding hydrogens is 247 g/mol. The Kier molecular flexibility index (Phi) is 2.94. The molecular formula is C11H12F3N3O. The lowest BCUT2D eigenvalue weighted by Crippen LogP contribution is -2.47. The number of hydrogen-bond donors (Lipinski definition) is 3. The summed E-state index contributed by atoms with van der Waals surface area (Å²) in [6.07, 6.45) is -4.53. The third kappa shape index (κ3) is 2.26. The zero-order valence-corrected chi connectivity index (χ0v) is 9.34. The van der Waals surface area contributed by atoms with Crippen LogP contribution in [0.4, 0.5) is 18.9 Å². The third-order valence-electron chi connectivity index (χ3n) is 2.96. The fourth-order valence-corrected chi connectivity index (χ4v) is 1.61. The number of carbonyl (C=O) groups excluding carboxylic acids is 1. The lowest BCUT2D eigenvalue weighted by atomic mass is 10.1. The number of rotatable bonds is 3. The summed E-state index contributed by atoms with van der Waals surface area (Å²) >= 11 is 0. The molecule has 18 heavy (non-hydrogen) atoms. The number of alkyl halides is 3. The largest absolute Gasteiger partial charge is 0.411 e. The lowest BCUT2D eigenvalue weighted by Gasteiger charge is -2.20. The minimum absolute atomic E-state index is 0.0648. The quantitative estimate of drug-likeness (QED) is 0.572. The fourth-order valence-electron chi connectivity index (χ4n) is 1.61. The van der Waals surface area contributed by atoms with Crippen LogP contribution in [0.15, 0.2) is 24.3 Å². The molecule has 0 unspecified atom stereocenters. The number of nitrogens with two attached hydrogens (primary N) is 1. The predicted octanol–water partition coefficient (Wildman–Crippen LogP) is 1.80. The summed E-state index contributed by atoms with van der Waals surface area (Å²) in [5.74, 6) is 4.42. The number of hydrogen-bond acceptors (Lipinski definition) is 3. The number of benzene rings is 1. The van der Waals surface area contributed by atoms with E-state index in [-0.39, 0.29) is 18.4 Å². The van der Waals surface area contributed by atoms with Gasteiger partial charge in [-0.15, -0.1) is 0 Å². The summed E-state index contributed by atoms with van der Waals surface area (Å²) in [6, 6.07) is 5.86. The Balaban J connectivity index is 2.08. The molecule has 1 aliphatic carbocycles. The third-order valence-corrected chi connectivity index (χ3v) is 2.96. The van der Waals surface area contributed by atoms with Crippen molar-refractivity contribution in [2.75, 3.05) is 5.43 Å². The average Bonchev–Trinajstić information content (AvgIpc) is 3.09. The molecule has 4 N–H and O–H groups in total. The standard InChI is InChI=1S/C11H12F3N3O/c12-11(13,14)10(5-6-10)16-9(18)7-1-3-8(17-15)4-2-7/h1-4,17H,5-6,15H2,(H,16,18). The summed E-state index contributed by atoms with van der Waals surface area (Å²) in [5.41, 5.74) is 1.08. The van der Waals surface area contributed by atoms with Crippen molar-refractivity contribution < 1.29 is 18.0 Å². The van der Waals surface area contributed by atoms with E-state index in [2.05, 4.69) is 5.43 Å². The van der Waals surface area contributed by atoms with Gasteiger partial charge in [-0.05, 0) is 37.1 Å². The second-order valence-corrected chi connectivity index (χ2v) is 4.26. The zero-order chi connectivity index (χ0) is 13.4. The van der Waals surface area contributed by atoms with E-state index >= 15 is 0 Å². The Morgan fingerprint density at radius 1 is 1.22 bits per heavy atom. The van der Waals surface area contributed by atoms with Gasteiger partial charge in [0, 0.05) is 11.3 Å². The van der Waals surface area contributed by atoms with Gasteiger partial charge < -0.3 is 10.7 Å². The van der Waals surface area contributed by atoms with Gasteiger partial charge in [-0.1, -0.05) is 0 Å². The van der Waals surface area contributed by atoms with Gasteiger partial charge in [-0.25, -0.2) is 0 Å². The fraction of sp³-hybridized carbons (Fsp3) is 0.364. The van der Waals surface area contributed by atoms with Crippen molar-refractivity contribution in [1.82, 2.24) is 5.32 Å². The molecule has 0 radical (unpaired) electrons. The van der Waals surface area contributed by atoms with Crippen molar-refractivity contribution in [1.29, 1.82) is 0 Å². The highest BCUT2D eigenvalue weighted by atomic mass is 19.4. The van der Waals surface area contributed by atoms with Crippen molar-refractivity contribution in [2.24, 2.45) is 5.84 Å². The molecule has 0 bridgehead atoms. The molecule has 0 aliphatic heterocycles. The molecule has 0 saturated heterocycles. The first-order chi connectivity index (χ1) is 8.38. The second-order valence-electron chi connectivity index (χ2n) is 4.26. The number of carbonyl (C=O) groups is 1. The van der Waals surface area contributed by atoms with E-state index in [1.165, 1.54) is 24.3 Å². The first-order valence-corrected chi connectivity index (χ1v) is 5.34. The maximum Gasteiger partial charge on any atom is 0.411 e. The molecule has 0 atom stereocenters. The van der Waals surface area contributed by atoms with E-state index < -0.39 is 17.6 Å². The lowest BCUT2D eigenvalue weighted by molar-refractivity contribution is -0.163. The van der Waals surface area contributed by atoms with Gasteiger partial charge in [0.1, 0.15) is 5.54 Å². The minimum Gasteiger partial charge on any atom is -0.338 e. The van der Waals surface area contributed by atoms with E-state index in [9.17, 15) is 18.0 Å². The molecule has 1 aliphatic rings. The Hall–Kier alpha value is -1.76. The summed E-state index contributed by atoms with van der Waals surface area (Å²) in [4.78, 5) is 11.7. The van der Waals surface area contributed by atoms with Gasteiger partial charge in [0.25, 0.3) is 5.91 Å². The van der Waals surface area contributed by atoms with Gasteiger partial charge in [-0.3, -0.25) is 10.6 Å². The highest BCUT2D eigenvalue weighted by molar-refractivity contribution is 5.95. The Bertz CT molecular complexity index is 452. The normalized spacial score (nSPS) is 17.1. The Labute approximate surface area is 101 Å². The van der Waals surface area contributed by atoms with Gasteiger partial charge in [0.15, 0.2) is 0 Å². The Morgan fingerprint density at radius 3 is 2.17 bits per heavy atom. The molecule has 1 saturated carbocycles. The number of nitrogens with one attached hydrogen (secondary N) is 2. The molecule has 2 rings (SSSR count). The van der Waals surface area contributed by atoms with Crippen LogP contribution in [0.2, 0.25) is 0 Å². The van der Waals surface area contributed by atoms with Crippen molar-refractivity contribution in [2.45, 2.75) is 24.6 Å². The summed E-state index contributed by atoms with van der Waals surface area (Å²) in [7, 11) is 0. The summed E-state index contributed by atoms with van der Waals surface area (Å²) < 4.78 is 37.9. The first-order valence-electron chi connectivity index (χ1n) is 5.34. The van der Waals surface area contributed by atoms with E-state index in [0.29, 0.717) is 5.69 Å². The zero-order valence-electron chi connectivity index (χ0n) is 9.34. The average molecular weight is 259 g/mol. The molecule has 4 nitrogen and oxygen atoms in total. The van der Waals surface area contributed by atoms with E-state index in [0.717, 1.165) is 0 Å². The number of halogens is 3. The second kappa shape index (κ2) is 4.16. The molecule has 0 spiro atoms. The van der Waals surface area contributed by atoms with Crippen LogP contribution in [0, 0.1) is 0 Å². The monoisotopic (exact) mass is 259 g/mol. The molecule has 7 heteroatoms. The van der Waals surface area contributed by atoms with Crippen LogP contribution < -0.4 is 16.6 Å². The van der Waals surface area contributed by atoms with Crippen LogP contribution in [-0.2, 0) is 0 Å². The summed E-state index contributed by atoms with van der Waals surface area (Å²) in [6.45, 7) is 0. The number of amides is 1. The molecule has 1 amide bonds. The number of anilines is 1. The first kappa shape index (κ1) is 12.7. The van der Waals surface area contributed by atoms with Crippen molar-refractivity contribution in [3.8, 4) is 0 Å². The maximum absolute atomic E-state index is 12.6. The summed E-state index contributed by atoms with van der Waals surface area (Å²) in [5, 5.41) is 2.05. The smallest absolute Gasteiger partial charge is 0.338 e. The maximum atomic E-state index is 12.6. The molecule has 98 valence electrons. The van der Waals surface area contributed by atoms with Gasteiger partial charge in [0.05, 0.1) is 0 Å². The SMILES string of the molecule is NNc1ccc(C(=O)NC2(C(F)(F)F)CC2)cc1. The van der Waals surface area contributed by atoms with Crippen molar-refractivity contribution >= 4 is 11.6 Å². The van der Waals surface area contributed by atoms with E-state index in [1.807, 2.05) is 5.32 Å². The van der Waals surface area contributed by atoms with Crippen molar-refractivity contribution in [3.63, 3.8) is 0 Å². The molecule has 0 aromatic heterocycles. The predicted molar refractivity (Wildman–Crippen MR) is 59.7 cm³/mol. The number of nitrogen functional groups attached to an aromatic ring is 1. The van der Waals surface area contributed by atoms with Gasteiger partial charge in [-0.2, -0.15) is 13.2 Å². The Morgan fingerprint density at radius 2 is 1.78 bits per heavy atom. The molecule has 0 heterocycles. The van der Waals surface area contributed by atoms with Crippen LogP contribution in [0.3, 0.4) is 0 Å². The van der Waals surface area contributed by atoms with Crippen LogP contribution in [0.1, 0.15) is 23.2 Å². The van der Waals surface area contributed by atoms with Crippen LogP contribution in [0.25, 0.3) is 0 Å². The highest BCUT2D eigenvalue weighted by Crippen LogP contribution is 2.49. The number of hydrazine groups is 1. The molecule has 1 fully saturated rings. The molecule has 1 aromatic carbocycles. The van der Waals surface area contributed by atoms with Crippen LogP contribution >= 0.6 is 0 Å². The molecule has 1 aromatic rings. The van der Waals surface area contributed by atoms with Gasteiger partial charge in [0.2, 0.25) is 0 Å².